The average Bonchev–Trinajstić information content (AvgIpc) is 2.33. The molecule has 0 aliphatic heterocycles. The molecule has 0 atom stereocenters. The standard InChI is InChI=1S/C7H8N4/c1-4-2-5-6(3-9-4)10-11-7(5)8/h2-3H,1H3,(H3,8,10,11). The molecule has 11 heavy (non-hydrogen) atoms. The molecule has 4 heteroatoms. The van der Waals surface area contributed by atoms with Crippen LogP contribution in [0.2, 0.25) is 0 Å². The molecule has 56 valence electrons. The highest BCUT2D eigenvalue weighted by Gasteiger charge is 2.00. The number of anilines is 1. The molecule has 0 saturated heterocycles. The lowest BCUT2D eigenvalue weighted by atomic mass is 10.3. The molecule has 4 nitrogen and oxygen atoms in total. The molecule has 0 bridgehead atoms. The van der Waals surface area contributed by atoms with Gasteiger partial charge in [0.05, 0.1) is 11.7 Å². The van der Waals surface area contributed by atoms with Crippen LogP contribution in [-0.4, -0.2) is 15.2 Å². The minimum atomic E-state index is 0.533. The van der Waals surface area contributed by atoms with Gasteiger partial charge >= 0.3 is 0 Å². The summed E-state index contributed by atoms with van der Waals surface area (Å²) in [5, 5.41) is 7.57. The molecule has 0 aromatic carbocycles. The first-order valence-corrected chi connectivity index (χ1v) is 3.33. The molecule has 2 aromatic rings. The Morgan fingerprint density at radius 3 is 3.18 bits per heavy atom. The first kappa shape index (κ1) is 6.15. The molecule has 0 aliphatic carbocycles. The second-order valence-electron chi connectivity index (χ2n) is 2.48. The lowest BCUT2D eigenvalue weighted by molar-refractivity contribution is 1.12. The number of hydrogen-bond donors (Lipinski definition) is 2. The topological polar surface area (TPSA) is 67.6 Å². The van der Waals surface area contributed by atoms with Gasteiger partial charge in [-0.15, -0.1) is 0 Å². The average molecular weight is 148 g/mol. The molecule has 0 fully saturated rings. The number of hydrogen-bond acceptors (Lipinski definition) is 3. The van der Waals surface area contributed by atoms with Crippen molar-refractivity contribution in [3.63, 3.8) is 0 Å². The number of rotatable bonds is 0. The third kappa shape index (κ3) is 0.832. The van der Waals surface area contributed by atoms with Crippen LogP contribution in [0.25, 0.3) is 10.9 Å². The molecule has 2 heterocycles. The van der Waals surface area contributed by atoms with Crippen LogP contribution in [0.5, 0.6) is 0 Å². The van der Waals surface area contributed by atoms with E-state index >= 15 is 0 Å². The summed E-state index contributed by atoms with van der Waals surface area (Å²) >= 11 is 0. The number of H-pyrrole nitrogens is 1. The van der Waals surface area contributed by atoms with Gasteiger partial charge in [0, 0.05) is 11.1 Å². The Hall–Kier alpha value is -1.58. The second kappa shape index (κ2) is 1.95. The highest BCUT2D eigenvalue weighted by Crippen LogP contribution is 2.16. The fourth-order valence-corrected chi connectivity index (χ4v) is 1.04. The van der Waals surface area contributed by atoms with Crippen molar-refractivity contribution < 1.29 is 0 Å². The zero-order valence-electron chi connectivity index (χ0n) is 6.13. The van der Waals surface area contributed by atoms with Crippen LogP contribution >= 0.6 is 0 Å². The van der Waals surface area contributed by atoms with Gasteiger partial charge in [-0.2, -0.15) is 5.10 Å². The van der Waals surface area contributed by atoms with E-state index in [1.54, 1.807) is 6.20 Å². The Morgan fingerprint density at radius 2 is 2.36 bits per heavy atom. The Morgan fingerprint density at radius 1 is 1.55 bits per heavy atom. The van der Waals surface area contributed by atoms with E-state index in [0.717, 1.165) is 16.6 Å². The normalized spacial score (nSPS) is 10.6. The number of nitrogen functional groups attached to an aromatic ring is 1. The van der Waals surface area contributed by atoms with E-state index in [1.807, 2.05) is 13.0 Å². The Balaban J connectivity index is 2.87. The minimum Gasteiger partial charge on any atom is -0.382 e. The highest BCUT2D eigenvalue weighted by atomic mass is 15.2. The quantitative estimate of drug-likeness (QED) is 0.582. The first-order valence-electron chi connectivity index (χ1n) is 3.33. The van der Waals surface area contributed by atoms with E-state index in [2.05, 4.69) is 15.2 Å². The molecular weight excluding hydrogens is 140 g/mol. The van der Waals surface area contributed by atoms with E-state index in [4.69, 9.17) is 5.73 Å². The zero-order chi connectivity index (χ0) is 7.84. The SMILES string of the molecule is Cc1cc2c(N)n[nH]c2cn1. The van der Waals surface area contributed by atoms with E-state index in [1.165, 1.54) is 0 Å². The van der Waals surface area contributed by atoms with E-state index < -0.39 is 0 Å². The highest BCUT2D eigenvalue weighted by molar-refractivity contribution is 5.87. The molecule has 0 unspecified atom stereocenters. The zero-order valence-corrected chi connectivity index (χ0v) is 6.13. The third-order valence-corrected chi connectivity index (χ3v) is 1.61. The smallest absolute Gasteiger partial charge is 0.153 e. The number of pyridine rings is 1. The predicted molar refractivity (Wildman–Crippen MR) is 43.0 cm³/mol. The van der Waals surface area contributed by atoms with Crippen LogP contribution in [0.1, 0.15) is 5.69 Å². The summed E-state index contributed by atoms with van der Waals surface area (Å²) in [6.07, 6.45) is 1.73. The monoisotopic (exact) mass is 148 g/mol. The van der Waals surface area contributed by atoms with Gasteiger partial charge in [-0.25, -0.2) is 0 Å². The summed E-state index contributed by atoms with van der Waals surface area (Å²) in [6.45, 7) is 1.92. The summed E-state index contributed by atoms with van der Waals surface area (Å²) in [5.41, 5.74) is 7.41. The van der Waals surface area contributed by atoms with Crippen molar-refractivity contribution >= 4 is 16.7 Å². The van der Waals surface area contributed by atoms with Crippen LogP contribution in [0, 0.1) is 6.92 Å². The predicted octanol–water partition coefficient (Wildman–Crippen LogP) is 0.849. The number of fused-ring (bicyclic) bond motifs is 1. The maximum Gasteiger partial charge on any atom is 0.153 e. The molecule has 2 rings (SSSR count). The van der Waals surface area contributed by atoms with Crippen LogP contribution in [0.15, 0.2) is 12.3 Å². The van der Waals surface area contributed by atoms with Gasteiger partial charge in [-0.3, -0.25) is 10.1 Å². The third-order valence-electron chi connectivity index (χ3n) is 1.61. The summed E-state index contributed by atoms with van der Waals surface area (Å²) in [4.78, 5) is 4.09. The first-order chi connectivity index (χ1) is 5.27. The van der Waals surface area contributed by atoms with Crippen molar-refractivity contribution in [2.75, 3.05) is 5.73 Å². The molecule has 0 aliphatic rings. The Labute approximate surface area is 63.4 Å². The lowest BCUT2D eigenvalue weighted by Crippen LogP contribution is -1.84. The van der Waals surface area contributed by atoms with Gasteiger partial charge in [0.2, 0.25) is 0 Å². The van der Waals surface area contributed by atoms with Crippen molar-refractivity contribution in [3.05, 3.63) is 18.0 Å². The molecule has 0 radical (unpaired) electrons. The fraction of sp³-hybridized carbons (Fsp3) is 0.143. The van der Waals surface area contributed by atoms with Gasteiger partial charge in [-0.05, 0) is 13.0 Å². The van der Waals surface area contributed by atoms with Crippen molar-refractivity contribution in [3.8, 4) is 0 Å². The number of nitrogens with one attached hydrogen (secondary N) is 1. The second-order valence-corrected chi connectivity index (χ2v) is 2.48. The van der Waals surface area contributed by atoms with Crippen LogP contribution in [-0.2, 0) is 0 Å². The Kier molecular flexibility index (Phi) is 1.09. The van der Waals surface area contributed by atoms with Gasteiger partial charge < -0.3 is 5.73 Å². The minimum absolute atomic E-state index is 0.533. The number of nitrogens with zero attached hydrogens (tertiary/aromatic N) is 2. The number of nitrogens with two attached hydrogens (primary N) is 1. The van der Waals surface area contributed by atoms with Gasteiger partial charge in [-0.1, -0.05) is 0 Å². The van der Waals surface area contributed by atoms with Crippen molar-refractivity contribution in [2.24, 2.45) is 0 Å². The van der Waals surface area contributed by atoms with E-state index in [-0.39, 0.29) is 0 Å². The summed E-state index contributed by atoms with van der Waals surface area (Å²) in [7, 11) is 0. The van der Waals surface area contributed by atoms with Crippen molar-refractivity contribution in [1.29, 1.82) is 0 Å². The van der Waals surface area contributed by atoms with Crippen LogP contribution in [0.3, 0.4) is 0 Å². The van der Waals surface area contributed by atoms with E-state index in [9.17, 15) is 0 Å². The number of aryl methyl sites for hydroxylation is 1. The molecule has 0 spiro atoms. The van der Waals surface area contributed by atoms with Gasteiger partial charge in [0.1, 0.15) is 0 Å². The Bertz CT molecular complexity index is 390. The number of aromatic amines is 1. The van der Waals surface area contributed by atoms with Crippen LogP contribution in [0.4, 0.5) is 5.82 Å². The maximum absolute atomic E-state index is 5.57. The van der Waals surface area contributed by atoms with E-state index in [0.29, 0.717) is 5.82 Å². The molecule has 0 amide bonds. The summed E-state index contributed by atoms with van der Waals surface area (Å²) < 4.78 is 0. The van der Waals surface area contributed by atoms with Crippen LogP contribution < -0.4 is 5.73 Å². The largest absolute Gasteiger partial charge is 0.382 e. The lowest BCUT2D eigenvalue weighted by Gasteiger charge is -1.90. The molecule has 3 N–H and O–H groups in total. The fourth-order valence-electron chi connectivity index (χ4n) is 1.04. The molecule has 0 saturated carbocycles. The maximum atomic E-state index is 5.57. The van der Waals surface area contributed by atoms with Crippen molar-refractivity contribution in [1.82, 2.24) is 15.2 Å². The van der Waals surface area contributed by atoms with Gasteiger partial charge in [0.15, 0.2) is 5.82 Å². The van der Waals surface area contributed by atoms with Gasteiger partial charge in [0.25, 0.3) is 0 Å². The van der Waals surface area contributed by atoms with Crippen molar-refractivity contribution in [2.45, 2.75) is 6.92 Å². The number of aromatic nitrogens is 3. The molecular formula is C7H8N4. The summed E-state index contributed by atoms with van der Waals surface area (Å²) in [5.74, 6) is 0.533. The summed E-state index contributed by atoms with van der Waals surface area (Å²) in [6, 6.07) is 1.91. The molecule has 2 aromatic heterocycles.